The molecule has 0 bridgehead atoms. The molecule has 0 spiro atoms. The Hall–Kier alpha value is -5.43. The maximum atomic E-state index is 13.5. The Morgan fingerprint density at radius 2 is 1.68 bits per heavy atom. The number of fused-ring (bicyclic) bond motifs is 1. The molecular formula is C42H60N12O5S. The lowest BCUT2D eigenvalue weighted by atomic mass is 9.87. The summed E-state index contributed by atoms with van der Waals surface area (Å²) in [7, 11) is -3.66. The number of piperidine rings is 1. The first kappa shape index (κ1) is 45.7. The molecule has 17 nitrogen and oxygen atoms in total. The van der Waals surface area contributed by atoms with Gasteiger partial charge in [0.05, 0.1) is 34.5 Å². The molecule has 0 aliphatic carbocycles. The molecule has 0 atom stereocenters. The van der Waals surface area contributed by atoms with Gasteiger partial charge in [-0.15, -0.1) is 0 Å². The van der Waals surface area contributed by atoms with E-state index in [1.54, 1.807) is 27.2 Å². The number of nitrogens with two attached hydrogens (primary N) is 2. The Morgan fingerprint density at radius 3 is 2.28 bits per heavy atom. The smallest absolute Gasteiger partial charge is 0.370 e. The quantitative estimate of drug-likeness (QED) is 0.0319. The second kappa shape index (κ2) is 19.8. The summed E-state index contributed by atoms with van der Waals surface area (Å²) in [6.45, 7) is 17.1. The first-order chi connectivity index (χ1) is 28.3. The van der Waals surface area contributed by atoms with Gasteiger partial charge in [0, 0.05) is 48.4 Å². The van der Waals surface area contributed by atoms with E-state index >= 15 is 0 Å². The summed E-state index contributed by atoms with van der Waals surface area (Å²) in [6.07, 6.45) is 6.28. The minimum atomic E-state index is -3.66. The van der Waals surface area contributed by atoms with Crippen LogP contribution in [0, 0.1) is 10.1 Å². The number of hydrogen-bond donors (Lipinski definition) is 5. The van der Waals surface area contributed by atoms with E-state index in [-0.39, 0.29) is 34.3 Å². The van der Waals surface area contributed by atoms with Gasteiger partial charge in [-0.2, -0.15) is 14.0 Å². The van der Waals surface area contributed by atoms with Crippen LogP contribution < -0.4 is 27.8 Å². The molecule has 7 N–H and O–H groups in total. The number of rotatable bonds is 15. The molecule has 60 heavy (non-hydrogen) atoms. The Morgan fingerprint density at radius 1 is 1.00 bits per heavy atom. The number of H-pyrrole nitrogens is 1. The van der Waals surface area contributed by atoms with Crippen molar-refractivity contribution in [2.45, 2.75) is 102 Å². The third-order valence-corrected chi connectivity index (χ3v) is 12.3. The highest BCUT2D eigenvalue weighted by atomic mass is 32.2. The second-order valence-corrected chi connectivity index (χ2v) is 18.9. The molecule has 0 amide bonds. The topological polar surface area (TPSA) is 237 Å². The molecule has 1 fully saturated rings. The summed E-state index contributed by atoms with van der Waals surface area (Å²) < 4.78 is 31.7. The van der Waals surface area contributed by atoms with Crippen LogP contribution >= 0.6 is 0 Å². The van der Waals surface area contributed by atoms with Crippen LogP contribution in [0.4, 0.5) is 5.82 Å². The number of guanidine groups is 1. The van der Waals surface area contributed by atoms with Gasteiger partial charge >= 0.3 is 11.5 Å². The minimum Gasteiger partial charge on any atom is -0.370 e. The summed E-state index contributed by atoms with van der Waals surface area (Å²) in [5, 5.41) is 22.3. The largest absolute Gasteiger partial charge is 0.389 e. The summed E-state index contributed by atoms with van der Waals surface area (Å²) in [6, 6.07) is 18.4. The number of hydrogen-bond acceptors (Lipinski definition) is 10. The maximum absolute atomic E-state index is 13.5. The normalized spacial score (nSPS) is 13.9. The van der Waals surface area contributed by atoms with Crippen molar-refractivity contribution < 1.29 is 13.3 Å². The van der Waals surface area contributed by atoms with Crippen LogP contribution in [0.15, 0.2) is 87.7 Å². The van der Waals surface area contributed by atoms with Crippen LogP contribution in [-0.2, 0) is 33.9 Å². The molecule has 2 aromatic carbocycles. The third-order valence-electron chi connectivity index (χ3n) is 10.3. The fraction of sp³-hybridized carbons (Fsp3) is 0.476. The van der Waals surface area contributed by atoms with Crippen LogP contribution in [0.3, 0.4) is 0 Å². The lowest BCUT2D eigenvalue weighted by Gasteiger charge is -2.34. The number of aromatic nitrogens is 5. The van der Waals surface area contributed by atoms with Crippen molar-refractivity contribution >= 4 is 32.8 Å². The van der Waals surface area contributed by atoms with E-state index in [0.29, 0.717) is 36.6 Å². The molecule has 0 saturated carbocycles. The van der Waals surface area contributed by atoms with Crippen molar-refractivity contribution in [1.82, 2.24) is 39.3 Å². The molecule has 1 aliphatic heterocycles. The van der Waals surface area contributed by atoms with Gasteiger partial charge in [-0.25, -0.2) is 13.2 Å². The van der Waals surface area contributed by atoms with Gasteiger partial charge in [-0.05, 0) is 97.1 Å². The van der Waals surface area contributed by atoms with E-state index in [1.807, 2.05) is 42.6 Å². The number of aromatic amines is 1. The van der Waals surface area contributed by atoms with Crippen molar-refractivity contribution in [1.29, 1.82) is 0 Å². The van der Waals surface area contributed by atoms with E-state index in [2.05, 4.69) is 78.3 Å². The van der Waals surface area contributed by atoms with E-state index < -0.39 is 14.9 Å². The fourth-order valence-corrected chi connectivity index (χ4v) is 8.54. The summed E-state index contributed by atoms with van der Waals surface area (Å²) in [4.78, 5) is 34.5. The number of aliphatic imine (C=N–C) groups is 1. The average molecular weight is 845 g/mol. The fourth-order valence-electron chi connectivity index (χ4n) is 6.82. The Balaban J connectivity index is 0.000000228. The highest BCUT2D eigenvalue weighted by molar-refractivity contribution is 7.89. The molecule has 1 aliphatic rings. The zero-order valence-corrected chi connectivity index (χ0v) is 36.3. The predicted octanol–water partition coefficient (Wildman–Crippen LogP) is 4.69. The number of aryl methyl sites for hydroxylation is 1. The first-order valence-corrected chi connectivity index (χ1v) is 21.8. The van der Waals surface area contributed by atoms with Crippen LogP contribution in [-0.4, -0.2) is 86.7 Å². The number of nitro groups is 1. The van der Waals surface area contributed by atoms with Gasteiger partial charge in [-0.3, -0.25) is 9.56 Å². The second-order valence-electron chi connectivity index (χ2n) is 17.1. The monoisotopic (exact) mass is 844 g/mol. The molecule has 4 heterocycles. The number of benzene rings is 2. The Kier molecular flexibility index (Phi) is 15.0. The zero-order chi connectivity index (χ0) is 43.7. The Bertz CT molecular complexity index is 2380. The molecule has 18 heteroatoms. The van der Waals surface area contributed by atoms with Crippen molar-refractivity contribution in [2.24, 2.45) is 16.5 Å². The molecule has 0 radical (unpaired) electrons. The van der Waals surface area contributed by atoms with Crippen molar-refractivity contribution in [3.8, 4) is 5.69 Å². The average Bonchev–Trinajstić information content (AvgIpc) is 3.86. The van der Waals surface area contributed by atoms with Gasteiger partial charge in [-0.1, -0.05) is 65.8 Å². The molecule has 3 aromatic heterocycles. The van der Waals surface area contributed by atoms with E-state index in [4.69, 9.17) is 11.5 Å². The zero-order valence-electron chi connectivity index (χ0n) is 35.5. The molecule has 324 valence electrons. The predicted molar refractivity (Wildman–Crippen MR) is 236 cm³/mol. The molecule has 1 saturated heterocycles. The highest BCUT2D eigenvalue weighted by Crippen LogP contribution is 2.28. The van der Waals surface area contributed by atoms with Gasteiger partial charge in [0.1, 0.15) is 5.65 Å². The van der Waals surface area contributed by atoms with Gasteiger partial charge < -0.3 is 37.2 Å². The third kappa shape index (κ3) is 12.3. The molecule has 6 rings (SSSR count). The van der Waals surface area contributed by atoms with E-state index in [1.165, 1.54) is 10.7 Å². The highest BCUT2D eigenvalue weighted by Gasteiger charge is 2.32. The molecule has 5 aromatic rings. The van der Waals surface area contributed by atoms with Crippen molar-refractivity contribution in [3.63, 3.8) is 0 Å². The SMILES string of the molecule is CC(C)(C)c1cc2cn(-c3ccc(CNCCCN=C(N)N)cc3)c(=O)nc2[nH]1.CC(C)(C)c1ccc(S(=O)(=O)N(CCCn2ccc([N+](=O)[O-])n2)C2CCNCC2)cc1. The van der Waals surface area contributed by atoms with Crippen LogP contribution in [0.1, 0.15) is 84.0 Å². The van der Waals surface area contributed by atoms with Crippen molar-refractivity contribution in [3.05, 3.63) is 110 Å². The standard InChI is InChI=1S/C21H29N7O.C21H31N5O4S/c1-21(2,3)17-11-15-13-28(20(29)27-18(15)26-17)16-7-5-14(6-8-16)12-24-9-4-10-25-19(22)23;1-21(2,3)17-5-7-19(8-6-17)31(29,30)25(18-9-12-22-13-10-18)15-4-14-24-16-11-20(23-24)26(27)28/h5-8,11,13,24H,4,9-10,12H2,1-3H3,(H4,22,23,25)(H,26,27,29);5-8,11,16,18,22H,4,9-10,12-15H2,1-3H3. The summed E-state index contributed by atoms with van der Waals surface area (Å²) in [5.74, 6) is -0.0838. The lowest BCUT2D eigenvalue weighted by Crippen LogP contribution is -2.46. The number of nitrogens with zero attached hydrogens (tertiary/aromatic N) is 7. The Labute approximate surface area is 351 Å². The van der Waals surface area contributed by atoms with Crippen molar-refractivity contribution in [2.75, 3.05) is 32.7 Å². The van der Waals surface area contributed by atoms with E-state index in [9.17, 15) is 23.3 Å². The van der Waals surface area contributed by atoms with Gasteiger partial charge in [0.25, 0.3) is 0 Å². The van der Waals surface area contributed by atoms with Crippen LogP contribution in [0.2, 0.25) is 0 Å². The first-order valence-electron chi connectivity index (χ1n) is 20.3. The maximum Gasteiger partial charge on any atom is 0.389 e. The molecule has 0 unspecified atom stereocenters. The molecular weight excluding hydrogens is 785 g/mol. The lowest BCUT2D eigenvalue weighted by molar-refractivity contribution is -0.389. The van der Waals surface area contributed by atoms with Crippen LogP contribution in [0.25, 0.3) is 16.7 Å². The minimum absolute atomic E-state index is 0.0352. The van der Waals surface area contributed by atoms with Gasteiger partial charge in [0.2, 0.25) is 10.0 Å². The van der Waals surface area contributed by atoms with Gasteiger partial charge in [0.15, 0.2) is 5.96 Å². The number of nitrogens with one attached hydrogen (secondary N) is 3. The van der Waals surface area contributed by atoms with Crippen LogP contribution in [0.5, 0.6) is 0 Å². The summed E-state index contributed by atoms with van der Waals surface area (Å²) >= 11 is 0. The summed E-state index contributed by atoms with van der Waals surface area (Å²) in [5.41, 5.74) is 14.9. The number of sulfonamides is 1. The van der Waals surface area contributed by atoms with E-state index in [0.717, 1.165) is 73.3 Å².